The van der Waals surface area contributed by atoms with Crippen LogP contribution in [-0.2, 0) is 14.8 Å². The molecule has 2 aromatic carbocycles. The molecular weight excluding hydrogens is 570 g/mol. The van der Waals surface area contributed by atoms with E-state index in [1.165, 1.54) is 19.2 Å². The third kappa shape index (κ3) is 6.58. The van der Waals surface area contributed by atoms with Crippen molar-refractivity contribution in [2.45, 2.75) is 70.0 Å². The molecule has 1 saturated carbocycles. The van der Waals surface area contributed by atoms with Crippen LogP contribution in [0.15, 0.2) is 53.4 Å². The standard InChI is InChI=1S/C31H37N5O6S/c1-18(2)12-24-17-42-27-16-26(28-19(3)8-6-9-20(28)4)33-30(34-27)35-43(39,40)25-11-7-10-21(13-25)29(37)36(24)23-14-22(15-23)32-31(38)41-5/h6-11,13,16,18,22-24H,12,14-15,17H2,1-5H3,(H,32,38)(H,33,34,35)/t22?,23?,24-/m1/s1. The molecule has 2 amide bonds. The molecular formula is C31H37N5O6S. The van der Waals surface area contributed by atoms with Gasteiger partial charge in [-0.2, -0.15) is 4.98 Å². The lowest BCUT2D eigenvalue weighted by Gasteiger charge is -2.46. The van der Waals surface area contributed by atoms with Crippen LogP contribution in [0.3, 0.4) is 0 Å². The predicted octanol–water partition coefficient (Wildman–Crippen LogP) is 4.70. The molecule has 2 heterocycles. The van der Waals surface area contributed by atoms with Gasteiger partial charge >= 0.3 is 6.09 Å². The minimum Gasteiger partial charge on any atom is -0.475 e. The fourth-order valence-electron chi connectivity index (χ4n) is 5.79. The number of amides is 2. The summed E-state index contributed by atoms with van der Waals surface area (Å²) in [4.78, 5) is 36.6. The third-order valence-electron chi connectivity index (χ3n) is 7.87. The second-order valence-electron chi connectivity index (χ2n) is 11.6. The summed E-state index contributed by atoms with van der Waals surface area (Å²) in [6.45, 7) is 8.21. The Balaban J connectivity index is 1.60. The first-order valence-corrected chi connectivity index (χ1v) is 15.8. The number of rotatable bonds is 5. The number of nitrogens with one attached hydrogen (secondary N) is 2. The highest BCUT2D eigenvalue weighted by molar-refractivity contribution is 7.92. The van der Waals surface area contributed by atoms with Crippen LogP contribution < -0.4 is 14.8 Å². The molecule has 2 aliphatic rings. The number of hydrogen-bond donors (Lipinski definition) is 2. The molecule has 5 rings (SSSR count). The highest BCUT2D eigenvalue weighted by atomic mass is 32.2. The van der Waals surface area contributed by atoms with E-state index in [4.69, 9.17) is 9.47 Å². The fourth-order valence-corrected chi connectivity index (χ4v) is 6.78. The lowest BCUT2D eigenvalue weighted by Crippen LogP contribution is -2.59. The molecule has 0 radical (unpaired) electrons. The molecule has 0 saturated heterocycles. The molecule has 1 fully saturated rings. The van der Waals surface area contributed by atoms with Gasteiger partial charge in [-0.25, -0.2) is 22.9 Å². The number of sulfonamides is 1. The molecule has 2 N–H and O–H groups in total. The van der Waals surface area contributed by atoms with Gasteiger partial charge in [0, 0.05) is 29.3 Å². The SMILES string of the molecule is COC(=O)NC1CC(N2C(=O)c3cccc(c3)S(=O)(=O)Nc3nc(cc(-c4c(C)cccc4C)n3)OC[C@H]2CC(C)C)C1. The number of carbonyl (C=O) groups excluding carboxylic acids is 2. The number of aromatic nitrogens is 2. The van der Waals surface area contributed by atoms with Crippen molar-refractivity contribution in [3.05, 3.63) is 65.2 Å². The molecule has 1 aliphatic carbocycles. The first kappa shape index (κ1) is 30.3. The summed E-state index contributed by atoms with van der Waals surface area (Å²) >= 11 is 0. The fraction of sp³-hybridized carbons (Fsp3) is 0.419. The largest absolute Gasteiger partial charge is 0.475 e. The maximum absolute atomic E-state index is 14.2. The van der Waals surface area contributed by atoms with Crippen molar-refractivity contribution < 1.29 is 27.5 Å². The Labute approximate surface area is 252 Å². The molecule has 1 aromatic heterocycles. The topological polar surface area (TPSA) is 140 Å². The molecule has 1 aliphatic heterocycles. The quantitative estimate of drug-likeness (QED) is 0.426. The first-order valence-electron chi connectivity index (χ1n) is 14.3. The van der Waals surface area contributed by atoms with E-state index in [1.807, 2.05) is 32.0 Å². The molecule has 0 unspecified atom stereocenters. The number of aryl methyl sites for hydroxylation is 2. The van der Waals surface area contributed by atoms with Gasteiger partial charge < -0.3 is 19.7 Å². The normalized spacial score (nSPS) is 21.3. The molecule has 12 heteroatoms. The van der Waals surface area contributed by atoms with Crippen LogP contribution in [0.4, 0.5) is 10.7 Å². The van der Waals surface area contributed by atoms with E-state index in [0.29, 0.717) is 25.0 Å². The summed E-state index contributed by atoms with van der Waals surface area (Å²) in [7, 11) is -2.84. The van der Waals surface area contributed by atoms with Crippen molar-refractivity contribution in [2.24, 2.45) is 5.92 Å². The zero-order chi connectivity index (χ0) is 30.9. The Morgan fingerprint density at radius 2 is 1.81 bits per heavy atom. The van der Waals surface area contributed by atoms with E-state index in [-0.39, 0.29) is 58.8 Å². The third-order valence-corrected chi connectivity index (χ3v) is 9.19. The molecule has 3 aromatic rings. The number of alkyl carbamates (subject to hydrolysis) is 1. The van der Waals surface area contributed by atoms with Crippen LogP contribution in [0, 0.1) is 19.8 Å². The van der Waals surface area contributed by atoms with Gasteiger partial charge in [-0.3, -0.25) is 4.79 Å². The number of fused-ring (bicyclic) bond motifs is 4. The Morgan fingerprint density at radius 3 is 2.49 bits per heavy atom. The van der Waals surface area contributed by atoms with Gasteiger partial charge in [-0.1, -0.05) is 38.1 Å². The maximum atomic E-state index is 14.2. The van der Waals surface area contributed by atoms with Crippen molar-refractivity contribution >= 4 is 28.0 Å². The van der Waals surface area contributed by atoms with Gasteiger partial charge in [0.15, 0.2) is 0 Å². The Morgan fingerprint density at radius 1 is 1.12 bits per heavy atom. The van der Waals surface area contributed by atoms with Crippen LogP contribution in [0.5, 0.6) is 5.88 Å². The summed E-state index contributed by atoms with van der Waals surface area (Å²) < 4.78 is 40.5. The molecule has 4 bridgehead atoms. The first-order chi connectivity index (χ1) is 20.4. The Bertz CT molecular complexity index is 1620. The zero-order valence-corrected chi connectivity index (χ0v) is 25.8. The van der Waals surface area contributed by atoms with Gasteiger partial charge in [0.05, 0.1) is 23.7 Å². The van der Waals surface area contributed by atoms with E-state index in [9.17, 15) is 18.0 Å². The van der Waals surface area contributed by atoms with E-state index < -0.39 is 16.1 Å². The Hall–Kier alpha value is -4.19. The average Bonchev–Trinajstić information content (AvgIpc) is 2.93. The second kappa shape index (κ2) is 12.2. The van der Waals surface area contributed by atoms with Crippen molar-refractivity contribution in [1.82, 2.24) is 20.2 Å². The van der Waals surface area contributed by atoms with Gasteiger partial charge in [-0.15, -0.1) is 0 Å². The van der Waals surface area contributed by atoms with Crippen molar-refractivity contribution in [1.29, 1.82) is 0 Å². The van der Waals surface area contributed by atoms with Gasteiger partial charge in [0.2, 0.25) is 11.8 Å². The summed E-state index contributed by atoms with van der Waals surface area (Å²) in [5.74, 6) is -0.0142. The molecule has 43 heavy (non-hydrogen) atoms. The van der Waals surface area contributed by atoms with Crippen molar-refractivity contribution in [2.75, 3.05) is 18.4 Å². The second-order valence-corrected chi connectivity index (χ2v) is 13.3. The number of methoxy groups -OCH3 is 1. The van der Waals surface area contributed by atoms with Crippen LogP contribution in [0.25, 0.3) is 11.3 Å². The summed E-state index contributed by atoms with van der Waals surface area (Å²) in [5.41, 5.74) is 3.56. The summed E-state index contributed by atoms with van der Waals surface area (Å²) in [5, 5.41) is 2.80. The minimum atomic E-state index is -4.15. The van der Waals surface area contributed by atoms with Crippen LogP contribution >= 0.6 is 0 Å². The molecule has 1 atom stereocenters. The number of ether oxygens (including phenoxy) is 2. The maximum Gasteiger partial charge on any atom is 0.407 e. The van der Waals surface area contributed by atoms with Gasteiger partial charge in [0.1, 0.15) is 6.61 Å². The number of nitrogens with zero attached hydrogens (tertiary/aromatic N) is 3. The Kier molecular flexibility index (Phi) is 8.59. The van der Waals surface area contributed by atoms with Gasteiger partial charge in [0.25, 0.3) is 15.9 Å². The highest BCUT2D eigenvalue weighted by Gasteiger charge is 2.41. The number of carbonyl (C=O) groups is 2. The van der Waals surface area contributed by atoms with Crippen molar-refractivity contribution in [3.63, 3.8) is 0 Å². The van der Waals surface area contributed by atoms with Crippen LogP contribution in [-0.4, -0.2) is 67.1 Å². The number of hydrogen-bond acceptors (Lipinski definition) is 8. The number of anilines is 1. The monoisotopic (exact) mass is 607 g/mol. The van der Waals surface area contributed by atoms with Crippen molar-refractivity contribution in [3.8, 4) is 17.1 Å². The van der Waals surface area contributed by atoms with E-state index >= 15 is 0 Å². The van der Waals surface area contributed by atoms with E-state index in [2.05, 4.69) is 33.9 Å². The predicted molar refractivity (Wildman–Crippen MR) is 161 cm³/mol. The zero-order valence-electron chi connectivity index (χ0n) is 25.0. The van der Waals surface area contributed by atoms with Crippen LogP contribution in [0.1, 0.15) is 54.6 Å². The average molecular weight is 608 g/mol. The highest BCUT2D eigenvalue weighted by Crippen LogP contribution is 2.33. The van der Waals surface area contributed by atoms with Crippen LogP contribution in [0.2, 0.25) is 0 Å². The smallest absolute Gasteiger partial charge is 0.407 e. The molecule has 228 valence electrons. The number of benzene rings is 2. The molecule has 11 nitrogen and oxygen atoms in total. The lowest BCUT2D eigenvalue weighted by molar-refractivity contribution is 0.0214. The minimum absolute atomic E-state index is 0.0830. The molecule has 0 spiro atoms. The van der Waals surface area contributed by atoms with E-state index in [0.717, 1.165) is 16.7 Å². The van der Waals surface area contributed by atoms with E-state index in [1.54, 1.807) is 23.1 Å². The lowest BCUT2D eigenvalue weighted by atomic mass is 9.83. The van der Waals surface area contributed by atoms with Gasteiger partial charge in [-0.05, 0) is 68.4 Å². The summed E-state index contributed by atoms with van der Waals surface area (Å²) in [6.07, 6.45) is 1.17. The summed E-state index contributed by atoms with van der Waals surface area (Å²) in [6, 6.07) is 12.9.